The number of aromatic nitrogens is 1. The molecule has 1 N–H and O–H groups in total. The summed E-state index contributed by atoms with van der Waals surface area (Å²) in [5.74, 6) is -0.834. The van der Waals surface area contributed by atoms with Crippen molar-refractivity contribution >= 4 is 29.3 Å². The van der Waals surface area contributed by atoms with Crippen molar-refractivity contribution in [1.29, 1.82) is 0 Å². The molecule has 7 nitrogen and oxygen atoms in total. The summed E-state index contributed by atoms with van der Waals surface area (Å²) in [5.41, 5.74) is 1.63. The van der Waals surface area contributed by atoms with Gasteiger partial charge in [0.1, 0.15) is 29.4 Å². The average molecular weight is 430 g/mol. The Morgan fingerprint density at radius 1 is 1.30 bits per heavy atom. The van der Waals surface area contributed by atoms with Crippen LogP contribution in [0.5, 0.6) is 0 Å². The minimum Gasteiger partial charge on any atom is -0.447 e. The summed E-state index contributed by atoms with van der Waals surface area (Å²) in [6.07, 6.45) is -0.400. The lowest BCUT2D eigenvalue weighted by Crippen LogP contribution is -2.25. The first-order valence-corrected chi connectivity index (χ1v) is 9.55. The number of halogens is 2. The lowest BCUT2D eigenvalue weighted by molar-refractivity contribution is 0.0950. The van der Waals surface area contributed by atoms with Gasteiger partial charge in [0.2, 0.25) is 0 Å². The van der Waals surface area contributed by atoms with Crippen molar-refractivity contribution in [3.63, 3.8) is 0 Å². The molecule has 3 aromatic rings. The maximum absolute atomic E-state index is 14.3. The van der Waals surface area contributed by atoms with Gasteiger partial charge in [-0.2, -0.15) is 0 Å². The minimum absolute atomic E-state index is 0.00992. The van der Waals surface area contributed by atoms with Gasteiger partial charge in [-0.3, -0.25) is 9.69 Å². The number of anilines is 1. The Balaban J connectivity index is 1.55. The van der Waals surface area contributed by atoms with E-state index < -0.39 is 17.8 Å². The van der Waals surface area contributed by atoms with Crippen LogP contribution in [0.1, 0.15) is 21.7 Å². The number of hydrogen-bond acceptors (Lipinski definition) is 5. The van der Waals surface area contributed by atoms with Crippen molar-refractivity contribution in [1.82, 2.24) is 10.5 Å². The number of rotatable bonds is 5. The van der Waals surface area contributed by atoms with Crippen LogP contribution in [0.3, 0.4) is 0 Å². The highest BCUT2D eigenvalue weighted by Gasteiger charge is 2.26. The number of amides is 2. The molecule has 1 fully saturated rings. The number of nitrogens with zero attached hydrogens (tertiary/aromatic N) is 2. The smallest absolute Gasteiger partial charge is 0.414 e. The predicted octanol–water partition coefficient (Wildman–Crippen LogP) is 4.33. The Hall–Kier alpha value is -3.39. The van der Waals surface area contributed by atoms with Crippen LogP contribution in [0.15, 0.2) is 47.0 Å². The van der Waals surface area contributed by atoms with E-state index >= 15 is 0 Å². The van der Waals surface area contributed by atoms with Crippen LogP contribution in [0.2, 0.25) is 5.02 Å². The SMILES string of the molecule is Cc1onc(-c2c(F)cccc2Cl)c1C(=O)NCc1cccc(N2CCOC2=O)c1. The zero-order valence-electron chi connectivity index (χ0n) is 15.9. The first-order valence-electron chi connectivity index (χ1n) is 9.18. The van der Waals surface area contributed by atoms with E-state index in [1.165, 1.54) is 23.1 Å². The van der Waals surface area contributed by atoms with E-state index in [-0.39, 0.29) is 34.1 Å². The standard InChI is InChI=1S/C21H17ClFN3O4/c1-12-17(19(25-30-12)18-15(22)6-3-7-16(18)23)20(27)24-11-13-4-2-5-14(10-13)26-8-9-29-21(26)28/h2-7,10H,8-9,11H2,1H3,(H,24,27). The maximum Gasteiger partial charge on any atom is 0.414 e. The van der Waals surface area contributed by atoms with Crippen LogP contribution in [-0.2, 0) is 11.3 Å². The zero-order chi connectivity index (χ0) is 21.3. The van der Waals surface area contributed by atoms with Gasteiger partial charge in [-0.25, -0.2) is 9.18 Å². The molecule has 1 saturated heterocycles. The highest BCUT2D eigenvalue weighted by atomic mass is 35.5. The Morgan fingerprint density at radius 2 is 2.10 bits per heavy atom. The molecule has 9 heteroatoms. The summed E-state index contributed by atoms with van der Waals surface area (Å²) in [7, 11) is 0. The molecule has 0 unspecified atom stereocenters. The van der Waals surface area contributed by atoms with Gasteiger partial charge in [-0.15, -0.1) is 0 Å². The van der Waals surface area contributed by atoms with Gasteiger partial charge in [-0.05, 0) is 36.8 Å². The van der Waals surface area contributed by atoms with Crippen molar-refractivity contribution in [2.75, 3.05) is 18.1 Å². The Morgan fingerprint density at radius 3 is 2.83 bits per heavy atom. The van der Waals surface area contributed by atoms with Crippen molar-refractivity contribution in [2.45, 2.75) is 13.5 Å². The molecule has 154 valence electrons. The molecule has 2 heterocycles. The second-order valence-electron chi connectivity index (χ2n) is 6.68. The summed E-state index contributed by atoms with van der Waals surface area (Å²) in [5, 5.41) is 6.75. The number of cyclic esters (lactones) is 1. The number of nitrogens with one attached hydrogen (secondary N) is 1. The molecule has 4 rings (SSSR count). The van der Waals surface area contributed by atoms with Gasteiger partial charge in [-0.1, -0.05) is 35.0 Å². The molecule has 0 bridgehead atoms. The number of benzene rings is 2. The summed E-state index contributed by atoms with van der Waals surface area (Å²) in [6.45, 7) is 2.57. The highest BCUT2D eigenvalue weighted by molar-refractivity contribution is 6.33. The summed E-state index contributed by atoms with van der Waals surface area (Å²) >= 11 is 6.12. The van der Waals surface area contributed by atoms with Crippen LogP contribution >= 0.6 is 11.6 Å². The molecule has 0 atom stereocenters. The first-order chi connectivity index (χ1) is 14.5. The largest absolute Gasteiger partial charge is 0.447 e. The van der Waals surface area contributed by atoms with Crippen LogP contribution in [0.4, 0.5) is 14.9 Å². The maximum atomic E-state index is 14.3. The topological polar surface area (TPSA) is 84.7 Å². The van der Waals surface area contributed by atoms with E-state index in [1.54, 1.807) is 25.1 Å². The van der Waals surface area contributed by atoms with E-state index in [0.717, 1.165) is 5.56 Å². The van der Waals surface area contributed by atoms with Gasteiger partial charge in [0.25, 0.3) is 5.91 Å². The monoisotopic (exact) mass is 429 g/mol. The fourth-order valence-corrected chi connectivity index (χ4v) is 3.52. The van der Waals surface area contributed by atoms with Crippen molar-refractivity contribution in [3.8, 4) is 11.3 Å². The highest BCUT2D eigenvalue weighted by Crippen LogP contribution is 2.33. The van der Waals surface area contributed by atoms with Gasteiger partial charge in [0.05, 0.1) is 17.1 Å². The molecule has 30 heavy (non-hydrogen) atoms. The quantitative estimate of drug-likeness (QED) is 0.652. The van der Waals surface area contributed by atoms with Crippen LogP contribution in [0, 0.1) is 12.7 Å². The zero-order valence-corrected chi connectivity index (χ0v) is 16.7. The fraction of sp³-hybridized carbons (Fsp3) is 0.190. The predicted molar refractivity (Wildman–Crippen MR) is 108 cm³/mol. The van der Waals surface area contributed by atoms with E-state index in [1.807, 2.05) is 6.07 Å². The normalized spacial score (nSPS) is 13.4. The molecular weight excluding hydrogens is 413 g/mol. The van der Waals surface area contributed by atoms with Gasteiger partial charge in [0.15, 0.2) is 0 Å². The summed E-state index contributed by atoms with van der Waals surface area (Å²) in [4.78, 5) is 26.1. The molecule has 2 aromatic carbocycles. The van der Waals surface area contributed by atoms with Gasteiger partial charge in [0, 0.05) is 12.2 Å². The molecule has 0 radical (unpaired) electrons. The van der Waals surface area contributed by atoms with Crippen LogP contribution in [0.25, 0.3) is 11.3 Å². The molecule has 1 aliphatic rings. The summed E-state index contributed by atoms with van der Waals surface area (Å²) < 4.78 is 24.4. The van der Waals surface area contributed by atoms with E-state index in [4.69, 9.17) is 20.9 Å². The number of carbonyl (C=O) groups excluding carboxylic acids is 2. The number of carbonyl (C=O) groups is 2. The van der Waals surface area contributed by atoms with Crippen molar-refractivity contribution < 1.29 is 23.2 Å². The Labute approximate surface area is 176 Å². The fourth-order valence-electron chi connectivity index (χ4n) is 3.27. The molecule has 0 saturated carbocycles. The van der Waals surface area contributed by atoms with Gasteiger partial charge >= 0.3 is 6.09 Å². The lowest BCUT2D eigenvalue weighted by atomic mass is 10.0. The molecule has 0 aliphatic carbocycles. The lowest BCUT2D eigenvalue weighted by Gasteiger charge is -2.14. The minimum atomic E-state index is -0.602. The van der Waals surface area contributed by atoms with E-state index in [9.17, 15) is 14.0 Å². The van der Waals surface area contributed by atoms with E-state index in [2.05, 4.69) is 10.5 Å². The molecular formula is C21H17ClFN3O4. The first kappa shape index (κ1) is 19.9. The second-order valence-corrected chi connectivity index (χ2v) is 7.08. The third kappa shape index (κ3) is 3.73. The Bertz CT molecular complexity index is 1110. The van der Waals surface area contributed by atoms with Crippen LogP contribution < -0.4 is 10.2 Å². The van der Waals surface area contributed by atoms with Crippen LogP contribution in [-0.4, -0.2) is 30.3 Å². The van der Waals surface area contributed by atoms with Crippen molar-refractivity contribution in [3.05, 3.63) is 70.2 Å². The molecule has 1 aromatic heterocycles. The van der Waals surface area contributed by atoms with Gasteiger partial charge < -0.3 is 14.6 Å². The van der Waals surface area contributed by atoms with Crippen molar-refractivity contribution in [2.24, 2.45) is 0 Å². The molecule has 2 amide bonds. The number of aryl methyl sites for hydroxylation is 1. The third-order valence-corrected chi connectivity index (χ3v) is 5.04. The average Bonchev–Trinajstić information content (AvgIpc) is 3.32. The summed E-state index contributed by atoms with van der Waals surface area (Å²) in [6, 6.07) is 11.4. The molecule has 1 aliphatic heterocycles. The number of hydrogen-bond donors (Lipinski definition) is 1. The van der Waals surface area contributed by atoms with E-state index in [0.29, 0.717) is 18.8 Å². The third-order valence-electron chi connectivity index (χ3n) is 4.73. The molecule has 0 spiro atoms. The second kappa shape index (κ2) is 8.16. The Kier molecular flexibility index (Phi) is 5.41. The number of ether oxygens (including phenoxy) is 1.